The Morgan fingerprint density at radius 1 is 1.19 bits per heavy atom. The van der Waals surface area contributed by atoms with E-state index in [2.05, 4.69) is 11.9 Å². The summed E-state index contributed by atoms with van der Waals surface area (Å²) < 4.78 is 10.8. The first-order valence-electron chi connectivity index (χ1n) is 8.66. The maximum absolute atomic E-state index is 12.8. The molecule has 0 saturated carbocycles. The van der Waals surface area contributed by atoms with Gasteiger partial charge in [0.2, 0.25) is 0 Å². The van der Waals surface area contributed by atoms with Crippen molar-refractivity contribution in [1.82, 2.24) is 4.90 Å². The number of methoxy groups -OCH3 is 1. The smallest absolute Gasteiger partial charge is 0.266 e. The van der Waals surface area contributed by atoms with Crippen LogP contribution in [-0.2, 0) is 4.79 Å². The molecule has 1 amide bonds. The second-order valence-corrected chi connectivity index (χ2v) is 7.40. The van der Waals surface area contributed by atoms with Crippen LogP contribution in [0, 0.1) is 0 Å². The topological polar surface area (TPSA) is 51.1 Å². The Kier molecular flexibility index (Phi) is 6.63. The summed E-state index contributed by atoms with van der Waals surface area (Å²) in [4.78, 5) is 19.2. The third kappa shape index (κ3) is 4.96. The fraction of sp³-hybridized carbons (Fsp3) is 0.300. The number of hydrogen-bond acceptors (Lipinski definition) is 5. The van der Waals surface area contributed by atoms with Gasteiger partial charge in [0.25, 0.3) is 5.91 Å². The summed E-state index contributed by atoms with van der Waals surface area (Å²) in [6.07, 6.45) is 0.862. The van der Waals surface area contributed by atoms with Crippen molar-refractivity contribution in [3.8, 4) is 11.5 Å². The van der Waals surface area contributed by atoms with Gasteiger partial charge in [-0.05, 0) is 55.0 Å². The molecule has 0 radical (unpaired) electrons. The molecule has 0 aliphatic carbocycles. The van der Waals surface area contributed by atoms with Crippen LogP contribution in [0.4, 0.5) is 5.69 Å². The summed E-state index contributed by atoms with van der Waals surface area (Å²) >= 11 is 7.46. The number of amides is 1. The highest BCUT2D eigenvalue weighted by atomic mass is 35.5. The van der Waals surface area contributed by atoms with E-state index < -0.39 is 0 Å². The minimum Gasteiger partial charge on any atom is -0.497 e. The van der Waals surface area contributed by atoms with Gasteiger partial charge in [-0.25, -0.2) is 4.99 Å². The molecule has 142 valence electrons. The lowest BCUT2D eigenvalue weighted by Gasteiger charge is -2.23. The molecule has 1 fully saturated rings. The molecule has 3 rings (SSSR count). The molecule has 1 aliphatic heterocycles. The Bertz CT molecular complexity index is 809. The standard InChI is InChI=1S/C20H21ClN2O3S/c1-3-16-13-27-20(22-15-6-10-17(25-2)11-7-15)23(16)19(24)12-26-18-8-4-14(21)5-9-18/h4-11,16H,3,12-13H2,1-2H3/t16-/m1/s1. The molecule has 0 aromatic heterocycles. The maximum atomic E-state index is 12.8. The molecule has 27 heavy (non-hydrogen) atoms. The first-order chi connectivity index (χ1) is 13.1. The lowest BCUT2D eigenvalue weighted by molar-refractivity contribution is -0.130. The lowest BCUT2D eigenvalue weighted by atomic mass is 10.2. The van der Waals surface area contributed by atoms with E-state index in [9.17, 15) is 4.79 Å². The van der Waals surface area contributed by atoms with Crippen molar-refractivity contribution in [1.29, 1.82) is 0 Å². The number of amidine groups is 1. The van der Waals surface area contributed by atoms with E-state index in [4.69, 9.17) is 21.1 Å². The zero-order chi connectivity index (χ0) is 19.2. The van der Waals surface area contributed by atoms with Gasteiger partial charge in [-0.2, -0.15) is 0 Å². The highest BCUT2D eigenvalue weighted by Crippen LogP contribution is 2.29. The van der Waals surface area contributed by atoms with Gasteiger partial charge in [0.15, 0.2) is 11.8 Å². The number of benzene rings is 2. The first kappa shape index (κ1) is 19.6. The van der Waals surface area contributed by atoms with Gasteiger partial charge in [-0.3, -0.25) is 9.69 Å². The zero-order valence-electron chi connectivity index (χ0n) is 15.2. The Balaban J connectivity index is 1.73. The molecular formula is C20H21ClN2O3S. The normalized spacial score (nSPS) is 18.0. The summed E-state index contributed by atoms with van der Waals surface area (Å²) in [6, 6.07) is 14.5. The fourth-order valence-electron chi connectivity index (χ4n) is 2.68. The summed E-state index contributed by atoms with van der Waals surface area (Å²) in [7, 11) is 1.63. The third-order valence-electron chi connectivity index (χ3n) is 4.19. The minimum absolute atomic E-state index is 0.0413. The quantitative estimate of drug-likeness (QED) is 0.695. The number of ether oxygens (including phenoxy) is 2. The molecular weight excluding hydrogens is 384 g/mol. The maximum Gasteiger partial charge on any atom is 0.266 e. The zero-order valence-corrected chi connectivity index (χ0v) is 16.8. The summed E-state index contributed by atoms with van der Waals surface area (Å²) in [6.45, 7) is 2.03. The van der Waals surface area contributed by atoms with Crippen molar-refractivity contribution < 1.29 is 14.3 Å². The molecule has 7 heteroatoms. The van der Waals surface area contributed by atoms with Crippen LogP contribution in [0.1, 0.15) is 13.3 Å². The van der Waals surface area contributed by atoms with Crippen LogP contribution in [0.2, 0.25) is 5.02 Å². The minimum atomic E-state index is -0.103. The van der Waals surface area contributed by atoms with E-state index in [-0.39, 0.29) is 18.6 Å². The Morgan fingerprint density at radius 2 is 1.85 bits per heavy atom. The Morgan fingerprint density at radius 3 is 2.48 bits per heavy atom. The molecule has 1 aliphatic rings. The van der Waals surface area contributed by atoms with Gasteiger partial charge < -0.3 is 9.47 Å². The highest BCUT2D eigenvalue weighted by molar-refractivity contribution is 8.14. The van der Waals surface area contributed by atoms with Crippen molar-refractivity contribution in [3.63, 3.8) is 0 Å². The molecule has 2 aromatic carbocycles. The average molecular weight is 405 g/mol. The van der Waals surface area contributed by atoms with Crippen LogP contribution in [0.15, 0.2) is 53.5 Å². The summed E-state index contributed by atoms with van der Waals surface area (Å²) in [5.74, 6) is 2.11. The first-order valence-corrected chi connectivity index (χ1v) is 10.0. The molecule has 5 nitrogen and oxygen atoms in total. The second-order valence-electron chi connectivity index (χ2n) is 5.97. The van der Waals surface area contributed by atoms with Crippen LogP contribution in [-0.4, -0.2) is 41.5 Å². The van der Waals surface area contributed by atoms with Crippen molar-refractivity contribution in [2.24, 2.45) is 4.99 Å². The number of carbonyl (C=O) groups excluding carboxylic acids is 1. The van der Waals surface area contributed by atoms with E-state index in [0.717, 1.165) is 23.6 Å². The van der Waals surface area contributed by atoms with Gasteiger partial charge >= 0.3 is 0 Å². The predicted molar refractivity (Wildman–Crippen MR) is 110 cm³/mol. The van der Waals surface area contributed by atoms with E-state index in [1.54, 1.807) is 48.0 Å². The molecule has 1 saturated heterocycles. The molecule has 1 atom stereocenters. The van der Waals surface area contributed by atoms with E-state index >= 15 is 0 Å². The van der Waals surface area contributed by atoms with Gasteiger partial charge in [-0.15, -0.1) is 0 Å². The van der Waals surface area contributed by atoms with Crippen molar-refractivity contribution in [2.45, 2.75) is 19.4 Å². The molecule has 0 N–H and O–H groups in total. The second kappa shape index (κ2) is 9.15. The van der Waals surface area contributed by atoms with Gasteiger partial charge in [-0.1, -0.05) is 30.3 Å². The van der Waals surface area contributed by atoms with Gasteiger partial charge in [0, 0.05) is 16.8 Å². The van der Waals surface area contributed by atoms with E-state index in [0.29, 0.717) is 15.9 Å². The molecule has 0 unspecified atom stereocenters. The largest absolute Gasteiger partial charge is 0.497 e. The number of thioether (sulfide) groups is 1. The Hall–Kier alpha value is -2.18. The van der Waals surface area contributed by atoms with Crippen molar-refractivity contribution in [3.05, 3.63) is 53.6 Å². The number of aliphatic imine (C=N–C) groups is 1. The summed E-state index contributed by atoms with van der Waals surface area (Å²) in [5.41, 5.74) is 0.784. The van der Waals surface area contributed by atoms with Crippen LogP contribution < -0.4 is 9.47 Å². The fourth-order valence-corrected chi connectivity index (χ4v) is 4.09. The third-order valence-corrected chi connectivity index (χ3v) is 5.54. The van der Waals surface area contributed by atoms with Crippen LogP contribution >= 0.6 is 23.4 Å². The van der Waals surface area contributed by atoms with Crippen LogP contribution in [0.5, 0.6) is 11.5 Å². The molecule has 0 spiro atoms. The van der Waals surface area contributed by atoms with E-state index in [1.807, 2.05) is 24.3 Å². The number of rotatable bonds is 6. The summed E-state index contributed by atoms with van der Waals surface area (Å²) in [5, 5.41) is 1.33. The number of hydrogen-bond donors (Lipinski definition) is 0. The molecule has 0 bridgehead atoms. The SMILES string of the molecule is CC[C@@H]1CSC(=Nc2ccc(OC)cc2)N1C(=O)COc1ccc(Cl)cc1. The predicted octanol–water partition coefficient (Wildman–Crippen LogP) is 4.77. The molecule has 1 heterocycles. The Labute approximate surface area is 168 Å². The van der Waals surface area contributed by atoms with Crippen LogP contribution in [0.25, 0.3) is 0 Å². The van der Waals surface area contributed by atoms with Gasteiger partial charge in [0.1, 0.15) is 11.5 Å². The van der Waals surface area contributed by atoms with Crippen LogP contribution in [0.3, 0.4) is 0 Å². The molecule has 2 aromatic rings. The van der Waals surface area contributed by atoms with E-state index in [1.165, 1.54) is 0 Å². The van der Waals surface area contributed by atoms with Crippen molar-refractivity contribution >= 4 is 40.1 Å². The van der Waals surface area contributed by atoms with Gasteiger partial charge in [0.05, 0.1) is 12.8 Å². The van der Waals surface area contributed by atoms with Crippen molar-refractivity contribution in [2.75, 3.05) is 19.5 Å². The number of carbonyl (C=O) groups is 1. The number of halogens is 1. The average Bonchev–Trinajstić information content (AvgIpc) is 3.10. The number of nitrogens with zero attached hydrogens (tertiary/aromatic N) is 2. The lowest BCUT2D eigenvalue weighted by Crippen LogP contribution is -2.41. The monoisotopic (exact) mass is 404 g/mol. The highest BCUT2D eigenvalue weighted by Gasteiger charge is 2.34.